The number of hydrogen-bond donors (Lipinski definition) is 2. The van der Waals surface area contributed by atoms with Gasteiger partial charge in [-0.1, -0.05) is 0 Å². The first-order chi connectivity index (χ1) is 9.72. The Morgan fingerprint density at radius 2 is 1.71 bits per heavy atom. The zero-order valence-electron chi connectivity index (χ0n) is 12.9. The molecule has 4 bridgehead atoms. The van der Waals surface area contributed by atoms with Gasteiger partial charge in [0.2, 0.25) is 5.91 Å². The zero-order chi connectivity index (χ0) is 13.6. The fourth-order valence-corrected chi connectivity index (χ4v) is 6.07. The molecule has 4 saturated carbocycles. The van der Waals surface area contributed by atoms with Crippen LogP contribution in [-0.2, 0) is 4.79 Å². The van der Waals surface area contributed by atoms with Crippen LogP contribution in [0.4, 0.5) is 0 Å². The SMILES string of the molecule is Cl.O=C(NCCC12CC3CC(CC(C3)C1)C2)C1CCNC1. The van der Waals surface area contributed by atoms with E-state index in [1.165, 1.54) is 44.9 Å². The van der Waals surface area contributed by atoms with Crippen LogP contribution in [0.1, 0.15) is 51.4 Å². The maximum absolute atomic E-state index is 12.1. The van der Waals surface area contributed by atoms with Gasteiger partial charge in [-0.05, 0) is 81.1 Å². The summed E-state index contributed by atoms with van der Waals surface area (Å²) in [6.45, 7) is 2.80. The van der Waals surface area contributed by atoms with Crippen LogP contribution in [0.25, 0.3) is 0 Å². The third-order valence-electron chi connectivity index (χ3n) is 6.55. The van der Waals surface area contributed by atoms with Crippen LogP contribution in [-0.4, -0.2) is 25.5 Å². The van der Waals surface area contributed by atoms with Crippen LogP contribution >= 0.6 is 12.4 Å². The first-order valence-corrected chi connectivity index (χ1v) is 8.71. The van der Waals surface area contributed by atoms with E-state index in [2.05, 4.69) is 10.6 Å². The summed E-state index contributed by atoms with van der Waals surface area (Å²) in [5.74, 6) is 3.59. The normalized spacial score (nSPS) is 43.6. The van der Waals surface area contributed by atoms with Gasteiger partial charge < -0.3 is 10.6 Å². The highest BCUT2D eigenvalue weighted by Gasteiger charge is 2.50. The summed E-state index contributed by atoms with van der Waals surface area (Å²) in [6, 6.07) is 0. The lowest BCUT2D eigenvalue weighted by Crippen LogP contribution is -2.47. The second kappa shape index (κ2) is 6.08. The van der Waals surface area contributed by atoms with Crippen molar-refractivity contribution < 1.29 is 4.79 Å². The summed E-state index contributed by atoms with van der Waals surface area (Å²) >= 11 is 0. The van der Waals surface area contributed by atoms with Gasteiger partial charge in [-0.3, -0.25) is 4.79 Å². The van der Waals surface area contributed by atoms with Crippen LogP contribution in [0, 0.1) is 29.1 Å². The molecule has 0 aromatic heterocycles. The highest BCUT2D eigenvalue weighted by atomic mass is 35.5. The lowest BCUT2D eigenvalue weighted by molar-refractivity contribution is -0.124. The number of halogens is 1. The van der Waals surface area contributed by atoms with Gasteiger partial charge >= 0.3 is 0 Å². The molecule has 4 heteroatoms. The Labute approximate surface area is 134 Å². The average Bonchev–Trinajstić information content (AvgIpc) is 2.90. The predicted molar refractivity (Wildman–Crippen MR) is 86.5 cm³/mol. The molecule has 1 amide bonds. The van der Waals surface area contributed by atoms with Gasteiger partial charge in [0.25, 0.3) is 0 Å². The molecule has 0 spiro atoms. The van der Waals surface area contributed by atoms with E-state index in [9.17, 15) is 4.79 Å². The number of amides is 1. The van der Waals surface area contributed by atoms with E-state index < -0.39 is 0 Å². The van der Waals surface area contributed by atoms with Crippen LogP contribution in [0.5, 0.6) is 0 Å². The van der Waals surface area contributed by atoms with Gasteiger partial charge in [0, 0.05) is 13.1 Å². The van der Waals surface area contributed by atoms with Crippen molar-refractivity contribution in [2.24, 2.45) is 29.1 Å². The fourth-order valence-electron chi connectivity index (χ4n) is 6.07. The fraction of sp³-hybridized carbons (Fsp3) is 0.941. The molecule has 0 aromatic carbocycles. The second-order valence-corrected chi connectivity index (χ2v) is 8.15. The van der Waals surface area contributed by atoms with Gasteiger partial charge in [0.05, 0.1) is 5.92 Å². The molecule has 5 rings (SSSR count). The number of carbonyl (C=O) groups excluding carboxylic acids is 1. The van der Waals surface area contributed by atoms with E-state index in [1.54, 1.807) is 0 Å². The highest BCUT2D eigenvalue weighted by Crippen LogP contribution is 2.61. The minimum absolute atomic E-state index is 0. The Morgan fingerprint density at radius 1 is 1.10 bits per heavy atom. The zero-order valence-corrected chi connectivity index (χ0v) is 13.7. The Hall–Kier alpha value is -0.280. The van der Waals surface area contributed by atoms with Crippen molar-refractivity contribution in [3.05, 3.63) is 0 Å². The first kappa shape index (κ1) is 15.6. The van der Waals surface area contributed by atoms with Crippen molar-refractivity contribution in [3.63, 3.8) is 0 Å². The molecule has 5 fully saturated rings. The van der Waals surface area contributed by atoms with Crippen molar-refractivity contribution in [2.75, 3.05) is 19.6 Å². The maximum atomic E-state index is 12.1. The van der Waals surface area contributed by atoms with E-state index in [4.69, 9.17) is 0 Å². The Balaban J connectivity index is 0.00000132. The van der Waals surface area contributed by atoms with E-state index in [1.807, 2.05) is 0 Å². The molecule has 1 unspecified atom stereocenters. The number of carbonyl (C=O) groups is 1. The third kappa shape index (κ3) is 3.10. The lowest BCUT2D eigenvalue weighted by atomic mass is 9.49. The van der Waals surface area contributed by atoms with Crippen LogP contribution in [0.3, 0.4) is 0 Å². The quantitative estimate of drug-likeness (QED) is 0.838. The largest absolute Gasteiger partial charge is 0.356 e. The first-order valence-electron chi connectivity index (χ1n) is 8.71. The number of nitrogens with one attached hydrogen (secondary N) is 2. The van der Waals surface area contributed by atoms with Crippen LogP contribution in [0.15, 0.2) is 0 Å². The van der Waals surface area contributed by atoms with Crippen molar-refractivity contribution in [1.82, 2.24) is 10.6 Å². The predicted octanol–water partition coefficient (Wildman–Crippen LogP) is 2.74. The molecule has 1 heterocycles. The smallest absolute Gasteiger partial charge is 0.224 e. The van der Waals surface area contributed by atoms with Crippen molar-refractivity contribution >= 4 is 18.3 Å². The highest BCUT2D eigenvalue weighted by molar-refractivity contribution is 5.85. The molecule has 4 aliphatic carbocycles. The standard InChI is InChI=1S/C17H28N2O.ClH/c20-16(15-1-3-18-11-15)19-4-2-17-8-12-5-13(9-17)7-14(6-12)10-17;/h12-15,18H,1-11H2,(H,19,20);1H. The molecule has 5 aliphatic rings. The summed E-state index contributed by atoms with van der Waals surface area (Å²) in [7, 11) is 0. The molecule has 0 aromatic rings. The molecular weight excluding hydrogens is 284 g/mol. The molecular formula is C17H29ClN2O. The molecule has 1 aliphatic heterocycles. The molecule has 120 valence electrons. The number of hydrogen-bond acceptors (Lipinski definition) is 2. The van der Waals surface area contributed by atoms with Crippen molar-refractivity contribution in [2.45, 2.75) is 51.4 Å². The summed E-state index contributed by atoms with van der Waals surface area (Å²) in [5.41, 5.74) is 0.607. The molecule has 3 nitrogen and oxygen atoms in total. The van der Waals surface area contributed by atoms with E-state index in [-0.39, 0.29) is 18.3 Å². The van der Waals surface area contributed by atoms with Crippen molar-refractivity contribution in [3.8, 4) is 0 Å². The summed E-state index contributed by atoms with van der Waals surface area (Å²) < 4.78 is 0. The molecule has 1 atom stereocenters. The van der Waals surface area contributed by atoms with Gasteiger partial charge in [0.1, 0.15) is 0 Å². The van der Waals surface area contributed by atoms with Crippen LogP contribution in [0.2, 0.25) is 0 Å². The topological polar surface area (TPSA) is 41.1 Å². The van der Waals surface area contributed by atoms with Gasteiger partial charge in [-0.15, -0.1) is 12.4 Å². The minimum Gasteiger partial charge on any atom is -0.356 e. The summed E-state index contributed by atoms with van der Waals surface area (Å²) in [5, 5.41) is 6.50. The Bertz CT molecular complexity index is 357. The maximum Gasteiger partial charge on any atom is 0.224 e. The molecule has 1 saturated heterocycles. The van der Waals surface area contributed by atoms with Crippen molar-refractivity contribution in [1.29, 1.82) is 0 Å². The van der Waals surface area contributed by atoms with E-state index in [0.717, 1.165) is 43.8 Å². The van der Waals surface area contributed by atoms with Gasteiger partial charge in [-0.2, -0.15) is 0 Å². The minimum atomic E-state index is 0. The van der Waals surface area contributed by atoms with Gasteiger partial charge in [-0.25, -0.2) is 0 Å². The van der Waals surface area contributed by atoms with Gasteiger partial charge in [0.15, 0.2) is 0 Å². The summed E-state index contributed by atoms with van der Waals surface area (Å²) in [4.78, 5) is 12.1. The van der Waals surface area contributed by atoms with E-state index >= 15 is 0 Å². The second-order valence-electron chi connectivity index (χ2n) is 8.15. The monoisotopic (exact) mass is 312 g/mol. The third-order valence-corrected chi connectivity index (χ3v) is 6.55. The Kier molecular flexibility index (Phi) is 4.52. The average molecular weight is 313 g/mol. The van der Waals surface area contributed by atoms with E-state index in [0.29, 0.717) is 11.3 Å². The Morgan fingerprint density at radius 3 is 2.24 bits per heavy atom. The number of rotatable bonds is 4. The molecule has 21 heavy (non-hydrogen) atoms. The lowest BCUT2D eigenvalue weighted by Gasteiger charge is -2.57. The van der Waals surface area contributed by atoms with Crippen LogP contribution < -0.4 is 10.6 Å². The summed E-state index contributed by atoms with van der Waals surface area (Å²) in [6.07, 6.45) is 11.2. The molecule has 2 N–H and O–H groups in total. The molecule has 0 radical (unpaired) electrons.